The van der Waals surface area contributed by atoms with Gasteiger partial charge in [-0.3, -0.25) is 4.99 Å². The smallest absolute Gasteiger partial charge is 0.191 e. The Bertz CT molecular complexity index is 665. The summed E-state index contributed by atoms with van der Waals surface area (Å²) in [5, 5.41) is 7.37. The highest BCUT2D eigenvalue weighted by Gasteiger charge is 2.01. The van der Waals surface area contributed by atoms with Crippen molar-refractivity contribution in [2.24, 2.45) is 4.99 Å². The number of rotatable bonds is 6. The predicted octanol–water partition coefficient (Wildman–Crippen LogP) is 3.27. The van der Waals surface area contributed by atoms with Crippen molar-refractivity contribution in [3.05, 3.63) is 70.2 Å². The fraction of sp³-hybridized carbons (Fsp3) is 0.316. The summed E-state index contributed by atoms with van der Waals surface area (Å²) in [5.74, 6) is 0.771. The molecule has 2 N–H and O–H groups in total. The molecule has 0 fully saturated rings. The highest BCUT2D eigenvalue weighted by atomic mass is 35.5. The van der Waals surface area contributed by atoms with Gasteiger partial charge in [0.1, 0.15) is 0 Å². The molecule has 0 amide bonds. The van der Waals surface area contributed by atoms with E-state index in [1.807, 2.05) is 24.3 Å². The van der Waals surface area contributed by atoms with Crippen molar-refractivity contribution in [2.75, 3.05) is 21.1 Å². The van der Waals surface area contributed by atoms with Crippen LogP contribution in [0.4, 0.5) is 0 Å². The zero-order valence-electron chi connectivity index (χ0n) is 14.5. The van der Waals surface area contributed by atoms with Gasteiger partial charge in [-0.15, -0.1) is 0 Å². The molecule has 2 aromatic carbocycles. The van der Waals surface area contributed by atoms with Crippen LogP contribution in [0.15, 0.2) is 53.5 Å². The first-order valence-corrected chi connectivity index (χ1v) is 8.36. The van der Waals surface area contributed by atoms with E-state index in [1.165, 1.54) is 11.1 Å². The molecular weight excluding hydrogens is 320 g/mol. The maximum atomic E-state index is 6.00. The molecule has 0 saturated carbocycles. The van der Waals surface area contributed by atoms with Crippen LogP contribution < -0.4 is 10.6 Å². The van der Waals surface area contributed by atoms with Gasteiger partial charge in [0.25, 0.3) is 0 Å². The van der Waals surface area contributed by atoms with Crippen LogP contribution in [0.5, 0.6) is 0 Å². The van der Waals surface area contributed by atoms with Crippen LogP contribution >= 0.6 is 11.6 Å². The lowest BCUT2D eigenvalue weighted by Crippen LogP contribution is -2.36. The summed E-state index contributed by atoms with van der Waals surface area (Å²) in [6.07, 6.45) is 0. The molecule has 0 aliphatic heterocycles. The van der Waals surface area contributed by atoms with Gasteiger partial charge in [-0.2, -0.15) is 0 Å². The van der Waals surface area contributed by atoms with Crippen LogP contribution in [0.1, 0.15) is 16.7 Å². The molecule has 0 aliphatic rings. The first-order valence-electron chi connectivity index (χ1n) is 7.98. The Kier molecular flexibility index (Phi) is 7.09. The van der Waals surface area contributed by atoms with E-state index in [-0.39, 0.29) is 0 Å². The van der Waals surface area contributed by atoms with E-state index in [1.54, 1.807) is 7.05 Å². The minimum atomic E-state index is 0.683. The van der Waals surface area contributed by atoms with Gasteiger partial charge < -0.3 is 15.5 Å². The molecule has 5 heteroatoms. The molecule has 24 heavy (non-hydrogen) atoms. The second kappa shape index (κ2) is 9.30. The fourth-order valence-corrected chi connectivity index (χ4v) is 2.58. The van der Waals surface area contributed by atoms with E-state index >= 15 is 0 Å². The summed E-state index contributed by atoms with van der Waals surface area (Å²) in [6.45, 7) is 2.37. The molecule has 0 bridgehead atoms. The van der Waals surface area contributed by atoms with Crippen LogP contribution in [-0.2, 0) is 19.6 Å². The molecule has 0 radical (unpaired) electrons. The fourth-order valence-electron chi connectivity index (χ4n) is 2.37. The van der Waals surface area contributed by atoms with Gasteiger partial charge in [0.05, 0.1) is 0 Å². The SMILES string of the molecule is CN=C(NCc1ccc(CN(C)C)cc1)NCc1cccc(Cl)c1. The number of nitrogens with zero attached hydrogens (tertiary/aromatic N) is 2. The highest BCUT2D eigenvalue weighted by Crippen LogP contribution is 2.10. The number of nitrogens with one attached hydrogen (secondary N) is 2. The zero-order chi connectivity index (χ0) is 17.4. The van der Waals surface area contributed by atoms with Crippen molar-refractivity contribution in [3.63, 3.8) is 0 Å². The van der Waals surface area contributed by atoms with E-state index in [4.69, 9.17) is 11.6 Å². The van der Waals surface area contributed by atoms with Gasteiger partial charge in [0.15, 0.2) is 5.96 Å². The molecule has 0 saturated heterocycles. The third-order valence-electron chi connectivity index (χ3n) is 3.55. The molecule has 0 heterocycles. The largest absolute Gasteiger partial charge is 0.352 e. The standard InChI is InChI=1S/C19H25ClN4/c1-21-19(23-13-17-5-4-6-18(20)11-17)22-12-15-7-9-16(10-8-15)14-24(2)3/h4-11H,12-14H2,1-3H3,(H2,21,22,23). The van der Waals surface area contributed by atoms with Crippen molar-refractivity contribution < 1.29 is 0 Å². The van der Waals surface area contributed by atoms with Gasteiger partial charge in [0, 0.05) is 31.7 Å². The summed E-state index contributed by atoms with van der Waals surface area (Å²) < 4.78 is 0. The van der Waals surface area contributed by atoms with E-state index in [0.29, 0.717) is 6.54 Å². The number of guanidine groups is 1. The third-order valence-corrected chi connectivity index (χ3v) is 3.79. The van der Waals surface area contributed by atoms with Crippen molar-refractivity contribution in [1.29, 1.82) is 0 Å². The normalized spacial score (nSPS) is 11.6. The lowest BCUT2D eigenvalue weighted by molar-refractivity contribution is 0.402. The van der Waals surface area contributed by atoms with E-state index in [2.05, 4.69) is 58.9 Å². The Hall–Kier alpha value is -2.04. The molecule has 0 spiro atoms. The molecule has 2 rings (SSSR count). The van der Waals surface area contributed by atoms with Crippen LogP contribution in [0.2, 0.25) is 5.02 Å². The topological polar surface area (TPSA) is 39.7 Å². The Labute approximate surface area is 149 Å². The summed E-state index contributed by atoms with van der Waals surface area (Å²) in [7, 11) is 5.92. The minimum Gasteiger partial charge on any atom is -0.352 e. The number of hydrogen-bond donors (Lipinski definition) is 2. The average Bonchev–Trinajstić information content (AvgIpc) is 2.56. The molecule has 0 unspecified atom stereocenters. The van der Waals surface area contributed by atoms with Crippen molar-refractivity contribution in [1.82, 2.24) is 15.5 Å². The summed E-state index contributed by atoms with van der Waals surface area (Å²) in [4.78, 5) is 6.41. The number of aliphatic imine (C=N–C) groups is 1. The number of benzene rings is 2. The lowest BCUT2D eigenvalue weighted by atomic mass is 10.1. The summed E-state index contributed by atoms with van der Waals surface area (Å²) in [5.41, 5.74) is 3.66. The summed E-state index contributed by atoms with van der Waals surface area (Å²) >= 11 is 6.00. The molecule has 4 nitrogen and oxygen atoms in total. The molecule has 128 valence electrons. The molecule has 0 aromatic heterocycles. The van der Waals surface area contributed by atoms with Gasteiger partial charge >= 0.3 is 0 Å². The second-order valence-corrected chi connectivity index (χ2v) is 6.40. The second-order valence-electron chi connectivity index (χ2n) is 5.96. The minimum absolute atomic E-state index is 0.683. The summed E-state index contributed by atoms with van der Waals surface area (Å²) in [6, 6.07) is 16.4. The highest BCUT2D eigenvalue weighted by molar-refractivity contribution is 6.30. The van der Waals surface area contributed by atoms with Crippen LogP contribution in [0.25, 0.3) is 0 Å². The van der Waals surface area contributed by atoms with Gasteiger partial charge in [-0.05, 0) is 42.9 Å². The van der Waals surface area contributed by atoms with Crippen molar-refractivity contribution in [3.8, 4) is 0 Å². The molecular formula is C19H25ClN4. The predicted molar refractivity (Wildman–Crippen MR) is 102 cm³/mol. The van der Waals surface area contributed by atoms with Crippen LogP contribution in [0, 0.1) is 0 Å². The average molecular weight is 345 g/mol. The maximum Gasteiger partial charge on any atom is 0.191 e. The maximum absolute atomic E-state index is 6.00. The molecule has 0 aliphatic carbocycles. The van der Waals surface area contributed by atoms with E-state index in [9.17, 15) is 0 Å². The van der Waals surface area contributed by atoms with Crippen LogP contribution in [-0.4, -0.2) is 32.0 Å². The monoisotopic (exact) mass is 344 g/mol. The quantitative estimate of drug-likeness (QED) is 0.624. The zero-order valence-corrected chi connectivity index (χ0v) is 15.3. The number of halogens is 1. The van der Waals surface area contributed by atoms with Gasteiger partial charge in [-0.1, -0.05) is 48.0 Å². The number of hydrogen-bond acceptors (Lipinski definition) is 2. The Balaban J connectivity index is 1.83. The molecule has 0 atom stereocenters. The Morgan fingerprint density at radius 3 is 2.17 bits per heavy atom. The van der Waals surface area contributed by atoms with E-state index < -0.39 is 0 Å². The first kappa shape index (κ1) is 18.3. The first-order chi connectivity index (χ1) is 11.6. The Morgan fingerprint density at radius 2 is 1.58 bits per heavy atom. The van der Waals surface area contributed by atoms with Crippen LogP contribution in [0.3, 0.4) is 0 Å². The van der Waals surface area contributed by atoms with E-state index in [0.717, 1.165) is 29.6 Å². The Morgan fingerprint density at radius 1 is 0.958 bits per heavy atom. The van der Waals surface area contributed by atoms with Crippen molar-refractivity contribution >= 4 is 17.6 Å². The van der Waals surface area contributed by atoms with Crippen molar-refractivity contribution in [2.45, 2.75) is 19.6 Å². The third kappa shape index (κ3) is 6.22. The lowest BCUT2D eigenvalue weighted by Gasteiger charge is -2.13. The van der Waals surface area contributed by atoms with Gasteiger partial charge in [-0.25, -0.2) is 0 Å². The van der Waals surface area contributed by atoms with Gasteiger partial charge in [0.2, 0.25) is 0 Å². The molecule has 2 aromatic rings.